The number of anilines is 1. The summed E-state index contributed by atoms with van der Waals surface area (Å²) in [5.74, 6) is 2.90. The molecule has 0 amide bonds. The van der Waals surface area contributed by atoms with Crippen molar-refractivity contribution in [2.24, 2.45) is 10.9 Å². The number of guanidine groups is 1. The summed E-state index contributed by atoms with van der Waals surface area (Å²) in [6, 6.07) is 4.32. The minimum atomic E-state index is 0.757. The number of hydrogen-bond donors (Lipinski definition) is 1. The largest absolute Gasteiger partial charge is 0.357 e. The van der Waals surface area contributed by atoms with E-state index >= 15 is 0 Å². The molecule has 24 heavy (non-hydrogen) atoms. The number of unbranched alkanes of at least 4 members (excludes halogenated alkanes) is 1. The summed E-state index contributed by atoms with van der Waals surface area (Å²) in [5, 5.41) is 3.42. The van der Waals surface area contributed by atoms with E-state index in [4.69, 9.17) is 0 Å². The summed E-state index contributed by atoms with van der Waals surface area (Å²) in [5.41, 5.74) is 1.19. The number of rotatable bonds is 6. The molecule has 0 unspecified atom stereocenters. The topological polar surface area (TPSA) is 43.8 Å². The van der Waals surface area contributed by atoms with Gasteiger partial charge in [0.1, 0.15) is 5.82 Å². The van der Waals surface area contributed by atoms with Gasteiger partial charge in [-0.05, 0) is 36.8 Å². The Bertz CT molecular complexity index is 503. The Balaban J connectivity index is 1.85. The smallest absolute Gasteiger partial charge is 0.193 e. The van der Waals surface area contributed by atoms with Crippen LogP contribution in [0.3, 0.4) is 0 Å². The molecular weight excluding hydrogens is 298 g/mol. The Kier molecular flexibility index (Phi) is 7.35. The van der Waals surface area contributed by atoms with Gasteiger partial charge in [0.2, 0.25) is 0 Å². The molecule has 0 spiro atoms. The monoisotopic (exact) mass is 331 g/mol. The summed E-state index contributed by atoms with van der Waals surface area (Å²) in [6.07, 6.45) is 6.90. The SMILES string of the molecule is CCCCN(C)C(=NC)NCc1ccc(N2CCC(C)CC2)nc1. The molecule has 2 heterocycles. The normalized spacial score (nSPS) is 16.3. The van der Waals surface area contributed by atoms with Crippen LogP contribution in [-0.4, -0.2) is 49.6 Å². The highest BCUT2D eigenvalue weighted by atomic mass is 15.3. The maximum absolute atomic E-state index is 4.66. The van der Waals surface area contributed by atoms with Crippen LogP contribution in [-0.2, 0) is 6.54 Å². The molecule has 5 heteroatoms. The minimum Gasteiger partial charge on any atom is -0.357 e. The molecule has 0 aliphatic carbocycles. The van der Waals surface area contributed by atoms with Crippen molar-refractivity contribution in [1.82, 2.24) is 15.2 Å². The molecule has 5 nitrogen and oxygen atoms in total. The first-order valence-electron chi connectivity index (χ1n) is 9.25. The van der Waals surface area contributed by atoms with Gasteiger partial charge in [-0.2, -0.15) is 0 Å². The second kappa shape index (κ2) is 9.50. The summed E-state index contributed by atoms with van der Waals surface area (Å²) < 4.78 is 0. The number of aromatic nitrogens is 1. The number of nitrogens with zero attached hydrogens (tertiary/aromatic N) is 4. The van der Waals surface area contributed by atoms with Gasteiger partial charge in [0, 0.05) is 46.5 Å². The van der Waals surface area contributed by atoms with Crippen molar-refractivity contribution in [3.05, 3.63) is 23.9 Å². The highest BCUT2D eigenvalue weighted by molar-refractivity contribution is 5.79. The van der Waals surface area contributed by atoms with Crippen molar-refractivity contribution in [2.45, 2.75) is 46.1 Å². The molecule has 0 saturated carbocycles. The third-order valence-corrected chi connectivity index (χ3v) is 4.79. The molecule has 0 bridgehead atoms. The summed E-state index contributed by atoms with van der Waals surface area (Å²) in [6.45, 7) is 8.58. The van der Waals surface area contributed by atoms with Crippen LogP contribution in [0.25, 0.3) is 0 Å². The van der Waals surface area contributed by atoms with Crippen molar-refractivity contribution < 1.29 is 0 Å². The van der Waals surface area contributed by atoms with Crippen LogP contribution < -0.4 is 10.2 Å². The van der Waals surface area contributed by atoms with Crippen LogP contribution in [0.4, 0.5) is 5.82 Å². The fraction of sp³-hybridized carbons (Fsp3) is 0.684. The number of aliphatic imine (C=N–C) groups is 1. The Hall–Kier alpha value is -1.78. The van der Waals surface area contributed by atoms with Gasteiger partial charge in [0.15, 0.2) is 5.96 Å². The highest BCUT2D eigenvalue weighted by Gasteiger charge is 2.16. The predicted octanol–water partition coefficient (Wildman–Crippen LogP) is 3.13. The molecule has 1 aliphatic heterocycles. The zero-order valence-electron chi connectivity index (χ0n) is 15.8. The lowest BCUT2D eigenvalue weighted by molar-refractivity contribution is 0.436. The fourth-order valence-electron chi connectivity index (χ4n) is 3.01. The summed E-state index contributed by atoms with van der Waals surface area (Å²) in [7, 11) is 3.92. The zero-order chi connectivity index (χ0) is 17.4. The number of nitrogens with one attached hydrogen (secondary N) is 1. The van der Waals surface area contributed by atoms with Crippen molar-refractivity contribution in [2.75, 3.05) is 38.6 Å². The molecule has 0 aromatic carbocycles. The van der Waals surface area contributed by atoms with E-state index in [-0.39, 0.29) is 0 Å². The van der Waals surface area contributed by atoms with Crippen LogP contribution in [0, 0.1) is 5.92 Å². The van der Waals surface area contributed by atoms with Gasteiger partial charge in [-0.1, -0.05) is 26.3 Å². The first kappa shape index (κ1) is 18.6. The molecule has 1 aliphatic rings. The van der Waals surface area contributed by atoms with Crippen molar-refractivity contribution in [3.8, 4) is 0 Å². The predicted molar refractivity (Wildman–Crippen MR) is 103 cm³/mol. The molecule has 2 rings (SSSR count). The van der Waals surface area contributed by atoms with E-state index in [1.165, 1.54) is 31.2 Å². The standard InChI is InChI=1S/C19H33N5/c1-5-6-11-23(4)19(20-3)22-15-17-7-8-18(21-14-17)24-12-9-16(2)10-13-24/h7-8,14,16H,5-6,9-13,15H2,1-4H3,(H,20,22). The van der Waals surface area contributed by atoms with Gasteiger partial charge in [-0.3, -0.25) is 4.99 Å². The molecule has 134 valence electrons. The molecule has 0 atom stereocenters. The van der Waals surface area contributed by atoms with Gasteiger partial charge >= 0.3 is 0 Å². The van der Waals surface area contributed by atoms with E-state index in [1.54, 1.807) is 0 Å². The Morgan fingerprint density at radius 2 is 2.12 bits per heavy atom. The van der Waals surface area contributed by atoms with Crippen LogP contribution >= 0.6 is 0 Å². The lowest BCUT2D eigenvalue weighted by Gasteiger charge is -2.31. The van der Waals surface area contributed by atoms with Crippen LogP contribution in [0.15, 0.2) is 23.3 Å². The Labute approximate surface area is 147 Å². The molecule has 1 fully saturated rings. The third kappa shape index (κ3) is 5.39. The molecular formula is C19H33N5. The number of piperidine rings is 1. The number of pyridine rings is 1. The van der Waals surface area contributed by atoms with Gasteiger partial charge in [0.05, 0.1) is 0 Å². The lowest BCUT2D eigenvalue weighted by atomic mass is 9.99. The van der Waals surface area contributed by atoms with Crippen molar-refractivity contribution in [1.29, 1.82) is 0 Å². The van der Waals surface area contributed by atoms with Crippen LogP contribution in [0.5, 0.6) is 0 Å². The fourth-order valence-corrected chi connectivity index (χ4v) is 3.01. The lowest BCUT2D eigenvalue weighted by Crippen LogP contribution is -2.39. The van der Waals surface area contributed by atoms with Crippen molar-refractivity contribution in [3.63, 3.8) is 0 Å². The van der Waals surface area contributed by atoms with E-state index in [0.29, 0.717) is 0 Å². The zero-order valence-corrected chi connectivity index (χ0v) is 15.8. The van der Waals surface area contributed by atoms with Crippen LogP contribution in [0.2, 0.25) is 0 Å². The summed E-state index contributed by atoms with van der Waals surface area (Å²) in [4.78, 5) is 13.6. The quantitative estimate of drug-likeness (QED) is 0.642. The first-order valence-corrected chi connectivity index (χ1v) is 9.25. The van der Waals surface area contributed by atoms with E-state index in [0.717, 1.165) is 43.9 Å². The van der Waals surface area contributed by atoms with Gasteiger partial charge in [-0.15, -0.1) is 0 Å². The van der Waals surface area contributed by atoms with Crippen LogP contribution in [0.1, 0.15) is 45.1 Å². The molecule has 1 aromatic rings. The molecule has 0 radical (unpaired) electrons. The average Bonchev–Trinajstić information content (AvgIpc) is 2.61. The minimum absolute atomic E-state index is 0.757. The van der Waals surface area contributed by atoms with Gasteiger partial charge < -0.3 is 15.1 Å². The van der Waals surface area contributed by atoms with Gasteiger partial charge in [-0.25, -0.2) is 4.98 Å². The van der Waals surface area contributed by atoms with Gasteiger partial charge in [0.25, 0.3) is 0 Å². The second-order valence-corrected chi connectivity index (χ2v) is 6.87. The van der Waals surface area contributed by atoms with Crippen molar-refractivity contribution >= 4 is 11.8 Å². The first-order chi connectivity index (χ1) is 11.6. The van der Waals surface area contributed by atoms with E-state index in [9.17, 15) is 0 Å². The second-order valence-electron chi connectivity index (χ2n) is 6.87. The summed E-state index contributed by atoms with van der Waals surface area (Å²) >= 11 is 0. The molecule has 1 N–H and O–H groups in total. The van der Waals surface area contributed by atoms with E-state index < -0.39 is 0 Å². The number of hydrogen-bond acceptors (Lipinski definition) is 3. The van der Waals surface area contributed by atoms with E-state index in [1.807, 2.05) is 13.2 Å². The Morgan fingerprint density at radius 3 is 2.71 bits per heavy atom. The third-order valence-electron chi connectivity index (χ3n) is 4.79. The molecule has 1 saturated heterocycles. The van der Waals surface area contributed by atoms with E-state index in [2.05, 4.69) is 58.1 Å². The molecule has 1 aromatic heterocycles. The Morgan fingerprint density at radius 1 is 1.38 bits per heavy atom. The highest BCUT2D eigenvalue weighted by Crippen LogP contribution is 2.21. The maximum atomic E-state index is 4.66. The maximum Gasteiger partial charge on any atom is 0.193 e. The average molecular weight is 332 g/mol.